The molecule has 10 heteroatoms. The van der Waals surface area contributed by atoms with E-state index in [1.807, 2.05) is 30.3 Å². The number of amides is 1. The Balaban J connectivity index is 1.60. The predicted octanol–water partition coefficient (Wildman–Crippen LogP) is 4.41. The molecule has 1 heterocycles. The number of benzene rings is 3. The molecule has 172 valence electrons. The van der Waals surface area contributed by atoms with Crippen molar-refractivity contribution in [1.29, 1.82) is 0 Å². The van der Waals surface area contributed by atoms with E-state index in [-0.39, 0.29) is 18.1 Å². The lowest BCUT2D eigenvalue weighted by atomic mass is 10.2. The summed E-state index contributed by atoms with van der Waals surface area (Å²) >= 11 is 1.49. The smallest absolute Gasteiger partial charge is 0.269 e. The molecule has 3 aromatic carbocycles. The van der Waals surface area contributed by atoms with Gasteiger partial charge in [-0.05, 0) is 29.8 Å². The van der Waals surface area contributed by atoms with E-state index in [0.717, 1.165) is 5.56 Å². The zero-order chi connectivity index (χ0) is 23.9. The van der Waals surface area contributed by atoms with Crippen LogP contribution in [0.5, 0.6) is 5.75 Å². The van der Waals surface area contributed by atoms with E-state index in [4.69, 9.17) is 4.74 Å². The standard InChI is InChI=1S/C24H21N5O4S/c1-33-21-10-6-5-9-20(21)23(30)25-15-22-26-27-24(34-16-17-7-3-2-4-8-17)28(22)18-11-13-19(14-12-18)29(31)32/h2-14H,15-16H2,1H3,(H,25,30). The number of thioether (sulfide) groups is 1. The van der Waals surface area contributed by atoms with Crippen LogP contribution in [0.1, 0.15) is 21.7 Å². The second-order valence-corrected chi connectivity index (χ2v) is 8.11. The van der Waals surface area contributed by atoms with Gasteiger partial charge in [-0.2, -0.15) is 0 Å². The van der Waals surface area contributed by atoms with Crippen molar-refractivity contribution in [1.82, 2.24) is 20.1 Å². The fourth-order valence-corrected chi connectivity index (χ4v) is 4.23. The molecule has 0 saturated heterocycles. The zero-order valence-corrected chi connectivity index (χ0v) is 19.1. The van der Waals surface area contributed by atoms with Crippen LogP contribution in [-0.4, -0.2) is 32.7 Å². The first-order valence-electron chi connectivity index (χ1n) is 10.3. The molecule has 1 aromatic heterocycles. The number of non-ortho nitro benzene ring substituents is 1. The molecule has 0 radical (unpaired) electrons. The molecule has 0 fully saturated rings. The van der Waals surface area contributed by atoms with Gasteiger partial charge >= 0.3 is 0 Å². The number of para-hydroxylation sites is 1. The fourth-order valence-electron chi connectivity index (χ4n) is 3.30. The molecule has 0 aliphatic rings. The summed E-state index contributed by atoms with van der Waals surface area (Å²) in [6.07, 6.45) is 0. The third-order valence-corrected chi connectivity index (χ3v) is 5.99. The third-order valence-electron chi connectivity index (χ3n) is 4.99. The molecule has 0 bridgehead atoms. The normalized spacial score (nSPS) is 10.6. The van der Waals surface area contributed by atoms with E-state index >= 15 is 0 Å². The number of methoxy groups -OCH3 is 1. The van der Waals surface area contributed by atoms with Gasteiger partial charge in [-0.15, -0.1) is 10.2 Å². The number of hydrogen-bond donors (Lipinski definition) is 1. The lowest BCUT2D eigenvalue weighted by Crippen LogP contribution is -2.25. The highest BCUT2D eigenvalue weighted by Gasteiger charge is 2.18. The van der Waals surface area contributed by atoms with Crippen LogP contribution >= 0.6 is 11.8 Å². The van der Waals surface area contributed by atoms with Gasteiger partial charge in [-0.3, -0.25) is 19.5 Å². The van der Waals surface area contributed by atoms with Crippen LogP contribution in [0.2, 0.25) is 0 Å². The van der Waals surface area contributed by atoms with Crippen molar-refractivity contribution in [3.05, 3.63) is 106 Å². The van der Waals surface area contributed by atoms with Crippen molar-refractivity contribution in [3.8, 4) is 11.4 Å². The molecule has 4 rings (SSSR count). The van der Waals surface area contributed by atoms with Crippen molar-refractivity contribution < 1.29 is 14.5 Å². The second kappa shape index (κ2) is 10.6. The van der Waals surface area contributed by atoms with Crippen LogP contribution in [-0.2, 0) is 12.3 Å². The van der Waals surface area contributed by atoms with Gasteiger partial charge in [0.2, 0.25) is 0 Å². The summed E-state index contributed by atoms with van der Waals surface area (Å²) in [6, 6.07) is 23.0. The van der Waals surface area contributed by atoms with Crippen molar-refractivity contribution in [3.63, 3.8) is 0 Å². The van der Waals surface area contributed by atoms with Crippen molar-refractivity contribution in [2.45, 2.75) is 17.5 Å². The summed E-state index contributed by atoms with van der Waals surface area (Å²) in [7, 11) is 1.51. The number of rotatable bonds is 9. The van der Waals surface area contributed by atoms with E-state index < -0.39 is 4.92 Å². The highest BCUT2D eigenvalue weighted by Crippen LogP contribution is 2.26. The zero-order valence-electron chi connectivity index (χ0n) is 18.2. The average Bonchev–Trinajstić information content (AvgIpc) is 3.29. The molecule has 4 aromatic rings. The van der Waals surface area contributed by atoms with Gasteiger partial charge in [-0.25, -0.2) is 0 Å². The Morgan fingerprint density at radius 3 is 2.44 bits per heavy atom. The number of hydrogen-bond acceptors (Lipinski definition) is 7. The molecule has 1 N–H and O–H groups in total. The molecule has 9 nitrogen and oxygen atoms in total. The van der Waals surface area contributed by atoms with Crippen LogP contribution < -0.4 is 10.1 Å². The second-order valence-electron chi connectivity index (χ2n) is 7.16. The maximum atomic E-state index is 12.8. The number of aromatic nitrogens is 3. The Hall–Kier alpha value is -4.18. The SMILES string of the molecule is COc1ccccc1C(=O)NCc1nnc(SCc2ccccc2)n1-c1ccc([N+](=O)[O-])cc1. The van der Waals surface area contributed by atoms with Crippen LogP contribution in [0, 0.1) is 10.1 Å². The van der Waals surface area contributed by atoms with Gasteiger partial charge in [0.25, 0.3) is 11.6 Å². The number of carbonyl (C=O) groups is 1. The van der Waals surface area contributed by atoms with E-state index in [1.54, 1.807) is 41.0 Å². The Labute approximate surface area is 199 Å². The number of ether oxygens (including phenoxy) is 1. The molecule has 0 unspecified atom stereocenters. The molecule has 1 amide bonds. The Morgan fingerprint density at radius 2 is 1.74 bits per heavy atom. The number of nitrogens with one attached hydrogen (secondary N) is 1. The quantitative estimate of drug-likeness (QED) is 0.217. The van der Waals surface area contributed by atoms with Gasteiger partial charge in [0.05, 0.1) is 24.1 Å². The highest BCUT2D eigenvalue weighted by molar-refractivity contribution is 7.98. The number of nitro benzene ring substituents is 1. The molecule has 0 atom stereocenters. The van der Waals surface area contributed by atoms with Crippen molar-refractivity contribution in [2.24, 2.45) is 0 Å². The Kier molecular flexibility index (Phi) is 7.19. The highest BCUT2D eigenvalue weighted by atomic mass is 32.2. The summed E-state index contributed by atoms with van der Waals surface area (Å²) in [5, 5.41) is 23.1. The Bertz CT molecular complexity index is 1290. The van der Waals surface area contributed by atoms with Gasteiger partial charge in [-0.1, -0.05) is 54.2 Å². The summed E-state index contributed by atoms with van der Waals surface area (Å²) in [5.74, 6) is 1.32. The lowest BCUT2D eigenvalue weighted by molar-refractivity contribution is -0.384. The first-order valence-corrected chi connectivity index (χ1v) is 11.3. The largest absolute Gasteiger partial charge is 0.496 e. The third kappa shape index (κ3) is 5.24. The molecule has 34 heavy (non-hydrogen) atoms. The van der Waals surface area contributed by atoms with E-state index in [0.29, 0.717) is 33.7 Å². The summed E-state index contributed by atoms with van der Waals surface area (Å²) < 4.78 is 7.06. The van der Waals surface area contributed by atoms with Crippen LogP contribution in [0.25, 0.3) is 5.69 Å². The number of nitrogens with zero attached hydrogens (tertiary/aromatic N) is 4. The lowest BCUT2D eigenvalue weighted by Gasteiger charge is -2.12. The molecule has 0 spiro atoms. The van der Waals surface area contributed by atoms with Crippen LogP contribution in [0.4, 0.5) is 5.69 Å². The molecule has 0 saturated carbocycles. The maximum Gasteiger partial charge on any atom is 0.269 e. The van der Waals surface area contributed by atoms with Gasteiger partial charge in [0, 0.05) is 23.6 Å². The fraction of sp³-hybridized carbons (Fsp3) is 0.125. The predicted molar refractivity (Wildman–Crippen MR) is 128 cm³/mol. The first kappa shape index (κ1) is 23.0. The van der Waals surface area contributed by atoms with E-state index in [9.17, 15) is 14.9 Å². The van der Waals surface area contributed by atoms with Gasteiger partial charge in [0.1, 0.15) is 5.75 Å². The summed E-state index contributed by atoms with van der Waals surface area (Å²) in [4.78, 5) is 23.4. The number of carbonyl (C=O) groups excluding carboxylic acids is 1. The van der Waals surface area contributed by atoms with Crippen LogP contribution in [0.15, 0.2) is 84.0 Å². The number of nitro groups is 1. The minimum atomic E-state index is -0.449. The molecular weight excluding hydrogens is 454 g/mol. The minimum Gasteiger partial charge on any atom is -0.496 e. The van der Waals surface area contributed by atoms with E-state index in [2.05, 4.69) is 15.5 Å². The molecule has 0 aliphatic carbocycles. The maximum absolute atomic E-state index is 12.8. The first-order chi connectivity index (χ1) is 16.6. The summed E-state index contributed by atoms with van der Waals surface area (Å²) in [5.41, 5.74) is 2.18. The van der Waals surface area contributed by atoms with E-state index in [1.165, 1.54) is 31.0 Å². The molecule has 0 aliphatic heterocycles. The van der Waals surface area contributed by atoms with Gasteiger partial charge in [0.15, 0.2) is 11.0 Å². The van der Waals surface area contributed by atoms with Crippen molar-refractivity contribution in [2.75, 3.05) is 7.11 Å². The average molecular weight is 476 g/mol. The minimum absolute atomic E-state index is 0.0126. The monoisotopic (exact) mass is 475 g/mol. The topological polar surface area (TPSA) is 112 Å². The van der Waals surface area contributed by atoms with Gasteiger partial charge < -0.3 is 10.1 Å². The molecular formula is C24H21N5O4S. The Morgan fingerprint density at radius 1 is 1.03 bits per heavy atom. The summed E-state index contributed by atoms with van der Waals surface area (Å²) in [6.45, 7) is 0.104. The van der Waals surface area contributed by atoms with Crippen LogP contribution in [0.3, 0.4) is 0 Å². The van der Waals surface area contributed by atoms with Crippen molar-refractivity contribution >= 4 is 23.4 Å².